The predicted octanol–water partition coefficient (Wildman–Crippen LogP) is 3.17. The van der Waals surface area contributed by atoms with Gasteiger partial charge < -0.3 is 4.90 Å². The SMILES string of the molecule is CCN1CN(Cc2ccccc2)CC(=O)c2ccccc21. The van der Waals surface area contributed by atoms with Crippen molar-refractivity contribution in [1.82, 2.24) is 4.90 Å². The molecular formula is C18H20N2O. The fourth-order valence-electron chi connectivity index (χ4n) is 2.86. The molecule has 0 amide bonds. The maximum absolute atomic E-state index is 12.5. The molecule has 0 N–H and O–H groups in total. The van der Waals surface area contributed by atoms with Gasteiger partial charge >= 0.3 is 0 Å². The Morgan fingerprint density at radius 3 is 2.48 bits per heavy atom. The number of para-hydroxylation sites is 1. The summed E-state index contributed by atoms with van der Waals surface area (Å²) >= 11 is 0. The lowest BCUT2D eigenvalue weighted by atomic mass is 10.1. The van der Waals surface area contributed by atoms with Crippen LogP contribution in [-0.2, 0) is 6.54 Å². The van der Waals surface area contributed by atoms with Crippen molar-refractivity contribution in [2.45, 2.75) is 13.5 Å². The van der Waals surface area contributed by atoms with Crippen LogP contribution in [0.5, 0.6) is 0 Å². The van der Waals surface area contributed by atoms with Gasteiger partial charge in [0, 0.05) is 24.3 Å². The van der Waals surface area contributed by atoms with Crippen LogP contribution in [-0.4, -0.2) is 30.4 Å². The first-order valence-electron chi connectivity index (χ1n) is 7.41. The molecule has 2 aromatic rings. The summed E-state index contributed by atoms with van der Waals surface area (Å²) in [4.78, 5) is 17.0. The largest absolute Gasteiger partial charge is 0.358 e. The van der Waals surface area contributed by atoms with Crippen LogP contribution in [0, 0.1) is 0 Å². The van der Waals surface area contributed by atoms with Gasteiger partial charge in [0.25, 0.3) is 0 Å². The van der Waals surface area contributed by atoms with Crippen molar-refractivity contribution in [3.05, 3.63) is 65.7 Å². The molecule has 21 heavy (non-hydrogen) atoms. The van der Waals surface area contributed by atoms with Crippen LogP contribution < -0.4 is 4.90 Å². The van der Waals surface area contributed by atoms with Crippen molar-refractivity contribution in [2.75, 3.05) is 24.7 Å². The topological polar surface area (TPSA) is 23.6 Å². The monoisotopic (exact) mass is 280 g/mol. The van der Waals surface area contributed by atoms with E-state index in [1.54, 1.807) is 0 Å². The molecule has 0 spiro atoms. The molecule has 0 fully saturated rings. The zero-order valence-electron chi connectivity index (χ0n) is 12.3. The summed E-state index contributed by atoms with van der Waals surface area (Å²) in [6, 6.07) is 18.2. The van der Waals surface area contributed by atoms with Gasteiger partial charge in [0.2, 0.25) is 0 Å². The minimum absolute atomic E-state index is 0.206. The minimum Gasteiger partial charge on any atom is -0.358 e. The summed E-state index contributed by atoms with van der Waals surface area (Å²) in [5, 5.41) is 0. The summed E-state index contributed by atoms with van der Waals surface area (Å²) in [6.45, 7) is 5.09. The Morgan fingerprint density at radius 1 is 1.00 bits per heavy atom. The number of nitrogens with zero attached hydrogens (tertiary/aromatic N) is 2. The average Bonchev–Trinajstić information content (AvgIpc) is 2.66. The molecule has 1 heterocycles. The Labute approximate surface area is 125 Å². The first-order chi connectivity index (χ1) is 10.3. The van der Waals surface area contributed by atoms with E-state index in [-0.39, 0.29) is 5.78 Å². The zero-order valence-corrected chi connectivity index (χ0v) is 12.3. The molecule has 1 aliphatic rings. The maximum atomic E-state index is 12.5. The summed E-state index contributed by atoms with van der Waals surface area (Å²) in [5.74, 6) is 0.206. The van der Waals surface area contributed by atoms with E-state index in [9.17, 15) is 4.79 Å². The molecule has 3 nitrogen and oxygen atoms in total. The van der Waals surface area contributed by atoms with Gasteiger partial charge in [0.05, 0.1) is 13.2 Å². The van der Waals surface area contributed by atoms with Gasteiger partial charge in [0.15, 0.2) is 5.78 Å². The summed E-state index contributed by atoms with van der Waals surface area (Å²) in [5.41, 5.74) is 3.14. The molecule has 0 bridgehead atoms. The fourth-order valence-corrected chi connectivity index (χ4v) is 2.86. The molecule has 2 aromatic carbocycles. The van der Waals surface area contributed by atoms with E-state index in [0.29, 0.717) is 6.54 Å². The van der Waals surface area contributed by atoms with E-state index < -0.39 is 0 Å². The highest BCUT2D eigenvalue weighted by molar-refractivity contribution is 6.03. The number of Topliss-reactive ketones (excluding diaryl/α,β-unsaturated/α-hetero) is 1. The summed E-state index contributed by atoms with van der Waals surface area (Å²) in [7, 11) is 0. The third-order valence-corrected chi connectivity index (χ3v) is 3.91. The number of hydrogen-bond donors (Lipinski definition) is 0. The van der Waals surface area contributed by atoms with Gasteiger partial charge in [-0.05, 0) is 24.6 Å². The second-order valence-corrected chi connectivity index (χ2v) is 5.41. The normalized spacial score (nSPS) is 15.7. The van der Waals surface area contributed by atoms with E-state index in [2.05, 4.69) is 28.9 Å². The molecule has 3 rings (SSSR count). The Bertz CT molecular complexity index is 624. The van der Waals surface area contributed by atoms with Crippen LogP contribution >= 0.6 is 0 Å². The van der Waals surface area contributed by atoms with E-state index in [4.69, 9.17) is 0 Å². The number of fused-ring (bicyclic) bond motifs is 1. The average molecular weight is 280 g/mol. The highest BCUT2D eigenvalue weighted by atomic mass is 16.1. The van der Waals surface area contributed by atoms with Gasteiger partial charge in [-0.2, -0.15) is 0 Å². The van der Waals surface area contributed by atoms with E-state index >= 15 is 0 Å². The van der Waals surface area contributed by atoms with Crippen LogP contribution in [0.2, 0.25) is 0 Å². The molecule has 0 aromatic heterocycles. The third-order valence-electron chi connectivity index (χ3n) is 3.91. The number of benzene rings is 2. The predicted molar refractivity (Wildman–Crippen MR) is 85.5 cm³/mol. The van der Waals surface area contributed by atoms with Crippen LogP contribution in [0.25, 0.3) is 0 Å². The quantitative estimate of drug-likeness (QED) is 0.863. The lowest BCUT2D eigenvalue weighted by Gasteiger charge is -2.28. The molecule has 0 saturated carbocycles. The Hall–Kier alpha value is -2.13. The highest BCUT2D eigenvalue weighted by Gasteiger charge is 2.24. The lowest BCUT2D eigenvalue weighted by molar-refractivity contribution is 0.0935. The summed E-state index contributed by atoms with van der Waals surface area (Å²) in [6.07, 6.45) is 0. The van der Waals surface area contributed by atoms with Crippen LogP contribution in [0.15, 0.2) is 54.6 Å². The maximum Gasteiger partial charge on any atom is 0.178 e. The number of hydrogen-bond acceptors (Lipinski definition) is 3. The number of ketones is 1. The standard InChI is InChI=1S/C18H20N2O/c1-2-20-14-19(12-15-8-4-3-5-9-15)13-18(21)16-10-6-7-11-17(16)20/h3-11H,2,12-14H2,1H3. The van der Waals surface area contributed by atoms with Gasteiger partial charge in [-0.25, -0.2) is 0 Å². The molecule has 0 atom stereocenters. The lowest BCUT2D eigenvalue weighted by Crippen LogP contribution is -2.37. The van der Waals surface area contributed by atoms with E-state index in [1.165, 1.54) is 5.56 Å². The molecule has 0 aliphatic carbocycles. The van der Waals surface area contributed by atoms with Crippen LogP contribution in [0.1, 0.15) is 22.8 Å². The minimum atomic E-state index is 0.206. The number of carbonyl (C=O) groups is 1. The van der Waals surface area contributed by atoms with Crippen molar-refractivity contribution in [2.24, 2.45) is 0 Å². The molecule has 0 radical (unpaired) electrons. The smallest absolute Gasteiger partial charge is 0.178 e. The van der Waals surface area contributed by atoms with Crippen molar-refractivity contribution < 1.29 is 4.79 Å². The molecule has 1 aliphatic heterocycles. The summed E-state index contributed by atoms with van der Waals surface area (Å²) < 4.78 is 0. The molecule has 108 valence electrons. The third kappa shape index (κ3) is 2.98. The zero-order chi connectivity index (χ0) is 14.7. The molecular weight excluding hydrogens is 260 g/mol. The van der Waals surface area contributed by atoms with E-state index in [1.807, 2.05) is 42.5 Å². The Kier molecular flexibility index (Phi) is 4.02. The van der Waals surface area contributed by atoms with Gasteiger partial charge in [-0.1, -0.05) is 42.5 Å². The first kappa shape index (κ1) is 13.8. The second kappa shape index (κ2) is 6.10. The van der Waals surface area contributed by atoms with Gasteiger partial charge in [-0.3, -0.25) is 9.69 Å². The van der Waals surface area contributed by atoms with Crippen LogP contribution in [0.4, 0.5) is 5.69 Å². The van der Waals surface area contributed by atoms with Gasteiger partial charge in [-0.15, -0.1) is 0 Å². The fraction of sp³-hybridized carbons (Fsp3) is 0.278. The highest BCUT2D eigenvalue weighted by Crippen LogP contribution is 2.25. The van der Waals surface area contributed by atoms with Crippen molar-refractivity contribution >= 4 is 11.5 Å². The molecule has 3 heteroatoms. The van der Waals surface area contributed by atoms with Crippen molar-refractivity contribution in [3.63, 3.8) is 0 Å². The first-order valence-corrected chi connectivity index (χ1v) is 7.41. The van der Waals surface area contributed by atoms with Crippen LogP contribution in [0.3, 0.4) is 0 Å². The number of rotatable bonds is 3. The van der Waals surface area contributed by atoms with Gasteiger partial charge in [0.1, 0.15) is 0 Å². The van der Waals surface area contributed by atoms with E-state index in [0.717, 1.165) is 31.0 Å². The number of carbonyl (C=O) groups excluding carboxylic acids is 1. The Morgan fingerprint density at radius 2 is 1.71 bits per heavy atom. The van der Waals surface area contributed by atoms with Crippen molar-refractivity contribution in [3.8, 4) is 0 Å². The van der Waals surface area contributed by atoms with Crippen molar-refractivity contribution in [1.29, 1.82) is 0 Å². The molecule has 0 saturated heterocycles. The molecule has 0 unspecified atom stereocenters. The Balaban J connectivity index is 1.86. The number of anilines is 1. The second-order valence-electron chi connectivity index (χ2n) is 5.41.